The van der Waals surface area contributed by atoms with Crippen molar-refractivity contribution in [2.24, 2.45) is 0 Å². The summed E-state index contributed by atoms with van der Waals surface area (Å²) in [6.45, 7) is 3.84. The van der Waals surface area contributed by atoms with Gasteiger partial charge in [0.2, 0.25) is 5.91 Å². The number of rotatable bonds is 14. The zero-order chi connectivity index (χ0) is 33.9. The van der Waals surface area contributed by atoms with Gasteiger partial charge in [0.05, 0.1) is 18.9 Å². The summed E-state index contributed by atoms with van der Waals surface area (Å²) in [5, 5.41) is 5.30. The summed E-state index contributed by atoms with van der Waals surface area (Å²) in [6, 6.07) is 15.7. The summed E-state index contributed by atoms with van der Waals surface area (Å²) in [7, 11) is 0. The van der Waals surface area contributed by atoms with Crippen molar-refractivity contribution in [3.63, 3.8) is 0 Å². The van der Waals surface area contributed by atoms with Crippen molar-refractivity contribution < 1.29 is 54.9 Å². The Morgan fingerprint density at radius 1 is 0.739 bits per heavy atom. The predicted molar refractivity (Wildman–Crippen MR) is 155 cm³/mol. The molecule has 2 amide bonds. The van der Waals surface area contributed by atoms with E-state index in [1.54, 1.807) is 31.2 Å². The summed E-state index contributed by atoms with van der Waals surface area (Å²) in [5.74, 6) is -3.95. The molecule has 0 aromatic heterocycles. The van der Waals surface area contributed by atoms with Gasteiger partial charge in [-0.05, 0) is 78.9 Å². The molecule has 0 bridgehead atoms. The summed E-state index contributed by atoms with van der Waals surface area (Å²) in [5.41, 5.74) is 1.45. The number of benzene rings is 3. The van der Waals surface area contributed by atoms with Crippen molar-refractivity contribution in [1.82, 2.24) is 5.32 Å². The Bertz CT molecular complexity index is 1440. The highest BCUT2D eigenvalue weighted by Crippen LogP contribution is 2.39. The second-order valence-electron chi connectivity index (χ2n) is 9.98. The van der Waals surface area contributed by atoms with Crippen LogP contribution in [0.4, 0.5) is 32.0 Å². The van der Waals surface area contributed by atoms with Crippen LogP contribution in [0.3, 0.4) is 0 Å². The fraction of sp³-hybridized carbons (Fsp3) is 0.344. The van der Waals surface area contributed by atoms with Crippen LogP contribution in [-0.2, 0) is 14.3 Å². The minimum Gasteiger partial charge on any atom is -0.466 e. The van der Waals surface area contributed by atoms with Gasteiger partial charge < -0.3 is 24.8 Å². The standard InChI is InChI=1S/C32H32F6N2O6/c1-3-5-26(20-6-8-22(9-7-20)29(42)39-19-18-27(41)44-4-2)28(21-10-14-24(15-11-21)45-31(33,34)35)30(43)40-23-12-16-25(17-13-23)46-32(36,37)38/h6-17,26,28H,3-5,18-19H2,1-2H3,(H,39,42)(H,40,43). The number of nitrogens with one attached hydrogen (secondary N) is 2. The zero-order valence-corrected chi connectivity index (χ0v) is 24.8. The Labute approximate surface area is 261 Å². The van der Waals surface area contributed by atoms with Gasteiger partial charge in [-0.2, -0.15) is 0 Å². The predicted octanol–water partition coefficient (Wildman–Crippen LogP) is 7.47. The van der Waals surface area contributed by atoms with Gasteiger partial charge in [-0.3, -0.25) is 14.4 Å². The van der Waals surface area contributed by atoms with Gasteiger partial charge in [0.15, 0.2) is 0 Å². The maximum atomic E-state index is 13.8. The third-order valence-electron chi connectivity index (χ3n) is 6.63. The third-order valence-corrected chi connectivity index (χ3v) is 6.63. The van der Waals surface area contributed by atoms with Gasteiger partial charge in [0.1, 0.15) is 11.5 Å². The lowest BCUT2D eigenvalue weighted by atomic mass is 9.78. The van der Waals surface area contributed by atoms with Gasteiger partial charge in [-0.15, -0.1) is 26.3 Å². The molecule has 0 fully saturated rings. The number of halogens is 6. The first-order valence-electron chi connectivity index (χ1n) is 14.2. The minimum absolute atomic E-state index is 0.00207. The van der Waals surface area contributed by atoms with E-state index in [4.69, 9.17) is 4.74 Å². The minimum atomic E-state index is -4.92. The van der Waals surface area contributed by atoms with E-state index in [2.05, 4.69) is 20.1 Å². The molecule has 2 N–H and O–H groups in total. The summed E-state index contributed by atoms with van der Waals surface area (Å²) >= 11 is 0. The van der Waals surface area contributed by atoms with Gasteiger partial charge in [-0.25, -0.2) is 0 Å². The summed E-state index contributed by atoms with van der Waals surface area (Å²) < 4.78 is 88.6. The van der Waals surface area contributed by atoms with Crippen molar-refractivity contribution in [1.29, 1.82) is 0 Å². The van der Waals surface area contributed by atoms with Crippen molar-refractivity contribution >= 4 is 23.5 Å². The van der Waals surface area contributed by atoms with Gasteiger partial charge in [0, 0.05) is 17.8 Å². The highest BCUT2D eigenvalue weighted by Gasteiger charge is 2.34. The van der Waals surface area contributed by atoms with E-state index >= 15 is 0 Å². The highest BCUT2D eigenvalue weighted by atomic mass is 19.4. The molecule has 3 rings (SSSR count). The van der Waals surface area contributed by atoms with Crippen molar-refractivity contribution in [2.45, 2.75) is 57.7 Å². The van der Waals surface area contributed by atoms with Crippen LogP contribution in [-0.4, -0.2) is 43.7 Å². The molecule has 0 spiro atoms. The molecule has 0 saturated carbocycles. The third kappa shape index (κ3) is 11.3. The Morgan fingerprint density at radius 2 is 1.26 bits per heavy atom. The Morgan fingerprint density at radius 3 is 1.76 bits per heavy atom. The first-order chi connectivity index (χ1) is 21.7. The number of carbonyl (C=O) groups excluding carboxylic acids is 3. The summed E-state index contributed by atoms with van der Waals surface area (Å²) in [6.07, 6.45) is -8.77. The zero-order valence-electron chi connectivity index (χ0n) is 24.8. The molecule has 0 aliphatic heterocycles. The second kappa shape index (κ2) is 16.0. The van der Waals surface area contributed by atoms with Crippen molar-refractivity contribution in [2.75, 3.05) is 18.5 Å². The van der Waals surface area contributed by atoms with Crippen LogP contribution in [0.25, 0.3) is 0 Å². The van der Waals surface area contributed by atoms with Crippen molar-refractivity contribution in [3.05, 3.63) is 89.5 Å². The molecule has 0 saturated heterocycles. The van der Waals surface area contributed by atoms with E-state index in [1.807, 2.05) is 6.92 Å². The van der Waals surface area contributed by atoms with Crippen LogP contribution < -0.4 is 20.1 Å². The monoisotopic (exact) mass is 654 g/mol. The van der Waals surface area contributed by atoms with Crippen LogP contribution in [0, 0.1) is 0 Å². The quantitative estimate of drug-likeness (QED) is 0.138. The molecule has 0 heterocycles. The molecule has 0 aliphatic carbocycles. The molecule has 0 aliphatic rings. The molecular formula is C32H32F6N2O6. The fourth-order valence-corrected chi connectivity index (χ4v) is 4.73. The number of carbonyl (C=O) groups is 3. The Kier molecular flexibility index (Phi) is 12.4. The molecule has 0 radical (unpaired) electrons. The molecule has 248 valence electrons. The molecule has 2 unspecified atom stereocenters. The van der Waals surface area contributed by atoms with E-state index in [9.17, 15) is 40.7 Å². The molecule has 8 nitrogen and oxygen atoms in total. The molecule has 3 aromatic carbocycles. The van der Waals surface area contributed by atoms with Gasteiger partial charge in [-0.1, -0.05) is 37.6 Å². The van der Waals surface area contributed by atoms with Crippen LogP contribution in [0.1, 0.15) is 66.4 Å². The molecule has 3 aromatic rings. The lowest BCUT2D eigenvalue weighted by molar-refractivity contribution is -0.275. The molecule has 2 atom stereocenters. The van der Waals surface area contributed by atoms with E-state index in [0.717, 1.165) is 24.3 Å². The smallest absolute Gasteiger partial charge is 0.466 e. The van der Waals surface area contributed by atoms with Crippen LogP contribution >= 0.6 is 0 Å². The average Bonchev–Trinajstić information content (AvgIpc) is 2.97. The average molecular weight is 655 g/mol. The van der Waals surface area contributed by atoms with Crippen LogP contribution in [0.2, 0.25) is 0 Å². The first kappa shape index (κ1) is 35.7. The largest absolute Gasteiger partial charge is 0.573 e. The van der Waals surface area contributed by atoms with E-state index in [0.29, 0.717) is 29.5 Å². The molecular weight excluding hydrogens is 622 g/mol. The number of hydrogen-bond donors (Lipinski definition) is 2. The summed E-state index contributed by atoms with van der Waals surface area (Å²) in [4.78, 5) is 37.9. The number of esters is 1. The van der Waals surface area contributed by atoms with E-state index in [1.165, 1.54) is 24.3 Å². The number of anilines is 1. The van der Waals surface area contributed by atoms with E-state index < -0.39 is 53.8 Å². The second-order valence-corrected chi connectivity index (χ2v) is 9.98. The normalized spacial score (nSPS) is 12.9. The van der Waals surface area contributed by atoms with Crippen molar-refractivity contribution in [3.8, 4) is 11.5 Å². The maximum Gasteiger partial charge on any atom is 0.573 e. The lowest BCUT2D eigenvalue weighted by Crippen LogP contribution is -2.27. The highest BCUT2D eigenvalue weighted by molar-refractivity contribution is 5.97. The maximum absolute atomic E-state index is 13.8. The lowest BCUT2D eigenvalue weighted by Gasteiger charge is -2.28. The number of amides is 2. The van der Waals surface area contributed by atoms with Gasteiger partial charge in [0.25, 0.3) is 5.91 Å². The Balaban J connectivity index is 1.89. The molecule has 14 heteroatoms. The molecule has 46 heavy (non-hydrogen) atoms. The van der Waals surface area contributed by atoms with E-state index in [-0.39, 0.29) is 25.3 Å². The number of hydrogen-bond acceptors (Lipinski definition) is 6. The number of ether oxygens (including phenoxy) is 3. The van der Waals surface area contributed by atoms with Crippen LogP contribution in [0.15, 0.2) is 72.8 Å². The van der Waals surface area contributed by atoms with Gasteiger partial charge >= 0.3 is 18.7 Å². The van der Waals surface area contributed by atoms with Crippen LogP contribution in [0.5, 0.6) is 11.5 Å². The topological polar surface area (TPSA) is 103 Å². The SMILES string of the molecule is CCCC(c1ccc(C(=O)NCCC(=O)OCC)cc1)C(C(=O)Nc1ccc(OC(F)(F)F)cc1)c1ccc(OC(F)(F)F)cc1. The number of alkyl halides is 6. The fourth-order valence-electron chi connectivity index (χ4n) is 4.73. The Hall–Kier alpha value is -4.75. The first-order valence-corrected chi connectivity index (χ1v) is 14.2.